The summed E-state index contributed by atoms with van der Waals surface area (Å²) in [4.78, 5) is 20.3. The normalized spacial score (nSPS) is 13.1. The Labute approximate surface area is 86.2 Å². The van der Waals surface area contributed by atoms with Crippen LogP contribution in [-0.4, -0.2) is 43.1 Å². The zero-order chi connectivity index (χ0) is 11.9. The Morgan fingerprint density at radius 3 is 2.53 bits per heavy atom. The summed E-state index contributed by atoms with van der Waals surface area (Å²) in [6.07, 6.45) is -1.14. The molecule has 9 heteroatoms. The summed E-state index contributed by atoms with van der Waals surface area (Å²) in [6, 6.07) is 0. The largest absolute Gasteiger partial charge is 0.479 e. The SMILES string of the molecule is O=CNCCCC(OS(=O)(=O)O)C(=O)O. The van der Waals surface area contributed by atoms with E-state index in [2.05, 4.69) is 9.50 Å². The molecule has 0 aromatic heterocycles. The lowest BCUT2D eigenvalue weighted by atomic mass is 10.2. The number of carbonyl (C=O) groups is 2. The van der Waals surface area contributed by atoms with Gasteiger partial charge in [0.25, 0.3) is 0 Å². The van der Waals surface area contributed by atoms with Crippen molar-refractivity contribution in [2.75, 3.05) is 6.54 Å². The molecule has 0 aliphatic carbocycles. The van der Waals surface area contributed by atoms with E-state index in [0.29, 0.717) is 6.41 Å². The van der Waals surface area contributed by atoms with E-state index in [0.717, 1.165) is 0 Å². The first-order chi connectivity index (χ1) is 6.87. The molecule has 0 aromatic rings. The molecule has 1 unspecified atom stereocenters. The maximum absolute atomic E-state index is 10.5. The molecule has 0 fully saturated rings. The van der Waals surface area contributed by atoms with Crippen molar-refractivity contribution in [1.82, 2.24) is 5.32 Å². The predicted molar refractivity (Wildman–Crippen MR) is 47.4 cm³/mol. The highest BCUT2D eigenvalue weighted by Gasteiger charge is 2.23. The van der Waals surface area contributed by atoms with Crippen molar-refractivity contribution in [1.29, 1.82) is 0 Å². The minimum absolute atomic E-state index is 0.143. The molecule has 0 bridgehead atoms. The summed E-state index contributed by atoms with van der Waals surface area (Å²) >= 11 is 0. The number of rotatable bonds is 8. The average Bonchev–Trinajstić information content (AvgIpc) is 2.08. The number of amides is 1. The molecule has 0 aliphatic heterocycles. The van der Waals surface area contributed by atoms with Gasteiger partial charge in [-0.15, -0.1) is 0 Å². The van der Waals surface area contributed by atoms with Gasteiger partial charge in [-0.1, -0.05) is 0 Å². The van der Waals surface area contributed by atoms with Crippen molar-refractivity contribution in [2.24, 2.45) is 0 Å². The number of aliphatic carboxylic acids is 1. The highest BCUT2D eigenvalue weighted by atomic mass is 32.3. The second-order valence-electron chi connectivity index (χ2n) is 2.57. The number of nitrogens with one attached hydrogen (secondary N) is 1. The third kappa shape index (κ3) is 7.85. The third-order valence-corrected chi connectivity index (χ3v) is 1.86. The zero-order valence-electron chi connectivity index (χ0n) is 7.62. The minimum Gasteiger partial charge on any atom is -0.479 e. The van der Waals surface area contributed by atoms with Gasteiger partial charge in [0.15, 0.2) is 6.10 Å². The molecular formula is C6H11NO7S. The summed E-state index contributed by atoms with van der Waals surface area (Å²) in [6.45, 7) is 0.197. The molecule has 0 aliphatic rings. The fourth-order valence-electron chi connectivity index (χ4n) is 0.808. The van der Waals surface area contributed by atoms with E-state index in [9.17, 15) is 18.0 Å². The van der Waals surface area contributed by atoms with Crippen molar-refractivity contribution in [3.63, 3.8) is 0 Å². The summed E-state index contributed by atoms with van der Waals surface area (Å²) in [5.41, 5.74) is 0. The van der Waals surface area contributed by atoms with Crippen molar-refractivity contribution < 1.29 is 31.8 Å². The Hall–Kier alpha value is -1.19. The van der Waals surface area contributed by atoms with Crippen LogP contribution in [-0.2, 0) is 24.2 Å². The van der Waals surface area contributed by atoms with Crippen LogP contribution in [0.1, 0.15) is 12.8 Å². The van der Waals surface area contributed by atoms with Gasteiger partial charge in [0.1, 0.15) is 0 Å². The van der Waals surface area contributed by atoms with Crippen LogP contribution in [0.4, 0.5) is 0 Å². The molecule has 0 aromatic carbocycles. The number of carbonyl (C=O) groups excluding carboxylic acids is 1. The fourth-order valence-corrected chi connectivity index (χ4v) is 1.28. The first-order valence-corrected chi connectivity index (χ1v) is 5.29. The number of carboxylic acid groups (broad SMARTS) is 1. The summed E-state index contributed by atoms with van der Waals surface area (Å²) < 4.78 is 32.6. The van der Waals surface area contributed by atoms with Crippen LogP contribution in [0, 0.1) is 0 Å². The van der Waals surface area contributed by atoms with Crippen molar-refractivity contribution >= 4 is 22.8 Å². The highest BCUT2D eigenvalue weighted by Crippen LogP contribution is 2.05. The maximum Gasteiger partial charge on any atom is 0.398 e. The molecule has 0 radical (unpaired) electrons. The molecule has 1 amide bonds. The monoisotopic (exact) mass is 241 g/mol. The topological polar surface area (TPSA) is 130 Å². The lowest BCUT2D eigenvalue weighted by molar-refractivity contribution is -0.145. The van der Waals surface area contributed by atoms with Gasteiger partial charge < -0.3 is 10.4 Å². The lowest BCUT2D eigenvalue weighted by Gasteiger charge is -2.09. The van der Waals surface area contributed by atoms with Gasteiger partial charge in [0.2, 0.25) is 6.41 Å². The Kier molecular flexibility index (Phi) is 5.82. The molecular weight excluding hydrogens is 230 g/mol. The average molecular weight is 241 g/mol. The molecule has 0 saturated heterocycles. The summed E-state index contributed by atoms with van der Waals surface area (Å²) in [5.74, 6) is -1.50. The van der Waals surface area contributed by atoms with Crippen LogP contribution in [0.25, 0.3) is 0 Å². The quantitative estimate of drug-likeness (QED) is 0.276. The Balaban J connectivity index is 4.06. The van der Waals surface area contributed by atoms with Crippen LogP contribution in [0.5, 0.6) is 0 Å². The van der Waals surface area contributed by atoms with Crippen LogP contribution < -0.4 is 5.32 Å². The molecule has 15 heavy (non-hydrogen) atoms. The molecule has 0 spiro atoms. The Morgan fingerprint density at radius 1 is 1.53 bits per heavy atom. The van der Waals surface area contributed by atoms with Crippen LogP contribution in [0.15, 0.2) is 0 Å². The second-order valence-corrected chi connectivity index (χ2v) is 3.61. The van der Waals surface area contributed by atoms with Crippen molar-refractivity contribution in [3.05, 3.63) is 0 Å². The van der Waals surface area contributed by atoms with E-state index < -0.39 is 22.5 Å². The van der Waals surface area contributed by atoms with Crippen LogP contribution >= 0.6 is 0 Å². The van der Waals surface area contributed by atoms with Gasteiger partial charge in [0.05, 0.1) is 0 Å². The van der Waals surface area contributed by atoms with Crippen molar-refractivity contribution in [2.45, 2.75) is 18.9 Å². The summed E-state index contributed by atoms with van der Waals surface area (Å²) in [7, 11) is -4.78. The molecule has 88 valence electrons. The smallest absolute Gasteiger partial charge is 0.398 e. The first kappa shape index (κ1) is 13.8. The van der Waals surface area contributed by atoms with Gasteiger partial charge in [0, 0.05) is 6.54 Å². The predicted octanol–water partition coefficient (Wildman–Crippen LogP) is -1.21. The number of hydrogen-bond donors (Lipinski definition) is 3. The maximum atomic E-state index is 10.5. The van der Waals surface area contributed by atoms with Crippen LogP contribution in [0.2, 0.25) is 0 Å². The Morgan fingerprint density at radius 2 is 2.13 bits per heavy atom. The molecule has 0 saturated carbocycles. The van der Waals surface area contributed by atoms with Crippen LogP contribution in [0.3, 0.4) is 0 Å². The summed E-state index contributed by atoms with van der Waals surface area (Å²) in [5, 5.41) is 10.8. The van der Waals surface area contributed by atoms with E-state index >= 15 is 0 Å². The van der Waals surface area contributed by atoms with E-state index in [1.165, 1.54) is 0 Å². The third-order valence-electron chi connectivity index (χ3n) is 1.38. The second kappa shape index (κ2) is 6.32. The van der Waals surface area contributed by atoms with Crippen molar-refractivity contribution in [3.8, 4) is 0 Å². The van der Waals surface area contributed by atoms with Gasteiger partial charge in [-0.3, -0.25) is 9.35 Å². The highest BCUT2D eigenvalue weighted by molar-refractivity contribution is 7.80. The lowest BCUT2D eigenvalue weighted by Crippen LogP contribution is -2.28. The number of carboxylic acids is 1. The molecule has 1 atom stereocenters. The molecule has 0 rings (SSSR count). The minimum atomic E-state index is -4.78. The fraction of sp³-hybridized carbons (Fsp3) is 0.667. The number of hydrogen-bond acceptors (Lipinski definition) is 5. The van der Waals surface area contributed by atoms with E-state index in [1.54, 1.807) is 0 Å². The molecule has 3 N–H and O–H groups in total. The Bertz CT molecular complexity index is 311. The van der Waals surface area contributed by atoms with E-state index in [1.807, 2.05) is 0 Å². The van der Waals surface area contributed by atoms with Gasteiger partial charge >= 0.3 is 16.4 Å². The van der Waals surface area contributed by atoms with Gasteiger partial charge in [-0.05, 0) is 12.8 Å². The molecule has 8 nitrogen and oxygen atoms in total. The first-order valence-electron chi connectivity index (χ1n) is 3.92. The standard InChI is InChI=1S/C6H11NO7S/c8-4-7-3-1-2-5(6(9)10)14-15(11,12)13/h4-5H,1-3H2,(H,7,8)(H,9,10)(H,11,12,13). The van der Waals surface area contributed by atoms with Gasteiger partial charge in [-0.2, -0.15) is 8.42 Å². The van der Waals surface area contributed by atoms with E-state index in [-0.39, 0.29) is 19.4 Å². The van der Waals surface area contributed by atoms with Gasteiger partial charge in [-0.25, -0.2) is 8.98 Å². The molecule has 0 heterocycles. The zero-order valence-corrected chi connectivity index (χ0v) is 8.44. The van der Waals surface area contributed by atoms with E-state index in [4.69, 9.17) is 9.66 Å².